The van der Waals surface area contributed by atoms with Crippen LogP contribution in [0, 0.1) is 0 Å². The van der Waals surface area contributed by atoms with E-state index in [0.29, 0.717) is 0 Å². The molecule has 0 fully saturated rings. The zero-order valence-corrected chi connectivity index (χ0v) is 12.5. The molecule has 0 radical (unpaired) electrons. The van der Waals surface area contributed by atoms with Gasteiger partial charge in [-0.05, 0) is 11.6 Å². The third-order valence-corrected chi connectivity index (χ3v) is 3.91. The average Bonchev–Trinajstić information content (AvgIpc) is 2.94. The molecule has 0 aliphatic heterocycles. The molecule has 102 valence electrons. The van der Waals surface area contributed by atoms with Crippen LogP contribution in [-0.4, -0.2) is 14.6 Å². The van der Waals surface area contributed by atoms with E-state index >= 15 is 0 Å². The van der Waals surface area contributed by atoms with Crippen LogP contribution in [0.4, 0.5) is 8.78 Å². The van der Waals surface area contributed by atoms with Crippen molar-refractivity contribution >= 4 is 28.2 Å². The lowest BCUT2D eigenvalue weighted by Gasteiger charge is -2.07. The van der Waals surface area contributed by atoms with E-state index < -0.39 is 6.43 Å². The lowest BCUT2D eigenvalue weighted by molar-refractivity contribution is 0.151. The van der Waals surface area contributed by atoms with Gasteiger partial charge in [0.15, 0.2) is 5.65 Å². The molecule has 0 saturated carbocycles. The smallest absolute Gasteiger partial charge is 0.220 e. The summed E-state index contributed by atoms with van der Waals surface area (Å²) >= 11 is 2.27. The molecule has 0 N–H and O–H groups in total. The van der Waals surface area contributed by atoms with E-state index in [0.717, 1.165) is 26.8 Å². The lowest BCUT2D eigenvalue weighted by atomic mass is 10.0. The topological polar surface area (TPSA) is 30.2 Å². The van der Waals surface area contributed by atoms with Crippen LogP contribution in [0.15, 0.2) is 42.9 Å². The first-order valence-corrected chi connectivity index (χ1v) is 7.48. The van der Waals surface area contributed by atoms with E-state index in [4.69, 9.17) is 0 Å². The van der Waals surface area contributed by atoms with Gasteiger partial charge in [0.2, 0.25) is 0 Å². The second kappa shape index (κ2) is 5.43. The van der Waals surface area contributed by atoms with Crippen LogP contribution in [0.25, 0.3) is 16.8 Å². The molecule has 0 unspecified atom stereocenters. The van der Waals surface area contributed by atoms with E-state index in [1.165, 1.54) is 18.5 Å². The maximum Gasteiger partial charge on any atom is 0.263 e. The van der Waals surface area contributed by atoms with E-state index in [1.54, 1.807) is 16.6 Å². The zero-order valence-electron chi connectivity index (χ0n) is 10.3. The molecule has 2 aromatic heterocycles. The molecule has 0 spiro atoms. The molecule has 20 heavy (non-hydrogen) atoms. The summed E-state index contributed by atoms with van der Waals surface area (Å²) in [6.45, 7) is 0. The van der Waals surface area contributed by atoms with Gasteiger partial charge in [-0.3, -0.25) is 0 Å². The van der Waals surface area contributed by atoms with Crippen molar-refractivity contribution < 1.29 is 8.78 Å². The molecule has 1 aromatic carbocycles. The van der Waals surface area contributed by atoms with Gasteiger partial charge in [0.1, 0.15) is 6.33 Å². The van der Waals surface area contributed by atoms with E-state index in [2.05, 4.69) is 32.7 Å². The van der Waals surface area contributed by atoms with Crippen LogP contribution in [0.5, 0.6) is 0 Å². The number of nitrogens with zero attached hydrogens (tertiary/aromatic N) is 3. The monoisotopic (exact) mass is 385 g/mol. The van der Waals surface area contributed by atoms with Crippen molar-refractivity contribution in [1.82, 2.24) is 14.6 Å². The predicted molar refractivity (Wildman–Crippen MR) is 81.1 cm³/mol. The fourth-order valence-corrected chi connectivity index (χ4v) is 2.63. The van der Waals surface area contributed by atoms with Gasteiger partial charge in [0, 0.05) is 27.3 Å². The molecule has 0 amide bonds. The van der Waals surface area contributed by atoms with Crippen LogP contribution >= 0.6 is 22.6 Å². The first-order chi connectivity index (χ1) is 9.69. The van der Waals surface area contributed by atoms with Crippen LogP contribution in [-0.2, 0) is 4.43 Å². The first-order valence-electron chi connectivity index (χ1n) is 5.96. The minimum Gasteiger partial charge on any atom is -0.220 e. The van der Waals surface area contributed by atoms with Gasteiger partial charge < -0.3 is 0 Å². The predicted octanol–water partition coefficient (Wildman–Crippen LogP) is 4.27. The molecule has 0 aliphatic rings. The summed E-state index contributed by atoms with van der Waals surface area (Å²) in [7, 11) is 0. The Morgan fingerprint density at radius 1 is 1.15 bits per heavy atom. The molecule has 0 saturated heterocycles. The van der Waals surface area contributed by atoms with Crippen molar-refractivity contribution in [3.05, 3.63) is 54.0 Å². The largest absolute Gasteiger partial charge is 0.263 e. The number of alkyl halides is 3. The Labute approximate surface area is 127 Å². The Morgan fingerprint density at radius 3 is 2.55 bits per heavy atom. The summed E-state index contributed by atoms with van der Waals surface area (Å²) in [5.74, 6) is 0. The summed E-state index contributed by atoms with van der Waals surface area (Å²) in [6, 6.07) is 8.34. The first kappa shape index (κ1) is 13.4. The normalized spacial score (nSPS) is 11.4. The van der Waals surface area contributed by atoms with Gasteiger partial charge in [-0.15, -0.1) is 0 Å². The summed E-state index contributed by atoms with van der Waals surface area (Å²) in [4.78, 5) is 4.21. The molecule has 3 aromatic rings. The summed E-state index contributed by atoms with van der Waals surface area (Å²) < 4.78 is 27.6. The van der Waals surface area contributed by atoms with Crippen LogP contribution < -0.4 is 0 Å². The SMILES string of the molecule is FC(F)c1ccc(-c2cc(CI)c3ncnn3c2)cc1. The highest BCUT2D eigenvalue weighted by Gasteiger charge is 2.09. The fourth-order valence-electron chi connectivity index (χ4n) is 2.07. The Hall–Kier alpha value is -1.57. The maximum atomic E-state index is 12.6. The van der Waals surface area contributed by atoms with Crippen LogP contribution in [0.2, 0.25) is 0 Å². The standard InChI is InChI=1S/C14H10F2IN3/c15-13(16)10-3-1-9(2-4-10)12-5-11(6-17)14-18-8-19-20(14)7-12/h1-5,7-8,13H,6H2. The minimum atomic E-state index is -2.44. The number of rotatable bonds is 3. The third kappa shape index (κ3) is 2.39. The van der Waals surface area contributed by atoms with Gasteiger partial charge in [-0.2, -0.15) is 5.10 Å². The number of halogens is 3. The molecular formula is C14H10F2IN3. The van der Waals surface area contributed by atoms with Crippen molar-refractivity contribution in [3.8, 4) is 11.1 Å². The van der Waals surface area contributed by atoms with E-state index in [-0.39, 0.29) is 5.56 Å². The fraction of sp³-hybridized carbons (Fsp3) is 0.143. The maximum absolute atomic E-state index is 12.6. The Morgan fingerprint density at radius 2 is 1.90 bits per heavy atom. The average molecular weight is 385 g/mol. The highest BCUT2D eigenvalue weighted by atomic mass is 127. The van der Waals surface area contributed by atoms with Crippen molar-refractivity contribution in [3.63, 3.8) is 0 Å². The minimum absolute atomic E-state index is 0.0321. The van der Waals surface area contributed by atoms with Gasteiger partial charge in [-0.25, -0.2) is 18.3 Å². The Kier molecular flexibility index (Phi) is 3.64. The lowest BCUT2D eigenvalue weighted by Crippen LogP contribution is -1.94. The summed E-state index contributed by atoms with van der Waals surface area (Å²) in [5, 5.41) is 4.14. The van der Waals surface area contributed by atoms with Gasteiger partial charge >= 0.3 is 0 Å². The number of pyridine rings is 1. The van der Waals surface area contributed by atoms with Gasteiger partial charge in [0.05, 0.1) is 0 Å². The highest BCUT2D eigenvalue weighted by molar-refractivity contribution is 14.1. The van der Waals surface area contributed by atoms with Crippen molar-refractivity contribution in [2.75, 3.05) is 0 Å². The Balaban J connectivity index is 2.09. The van der Waals surface area contributed by atoms with Gasteiger partial charge in [0.25, 0.3) is 6.43 Å². The second-order valence-corrected chi connectivity index (χ2v) is 5.10. The second-order valence-electron chi connectivity index (χ2n) is 4.34. The third-order valence-electron chi connectivity index (χ3n) is 3.09. The summed E-state index contributed by atoms with van der Waals surface area (Å²) in [5.41, 5.74) is 3.75. The Bertz CT molecular complexity index is 738. The van der Waals surface area contributed by atoms with Crippen molar-refractivity contribution in [2.24, 2.45) is 0 Å². The van der Waals surface area contributed by atoms with Crippen LogP contribution in [0.3, 0.4) is 0 Å². The molecule has 3 nitrogen and oxygen atoms in total. The molecule has 3 rings (SSSR count). The van der Waals surface area contributed by atoms with E-state index in [9.17, 15) is 8.78 Å². The number of fused-ring (bicyclic) bond motifs is 1. The molecule has 0 aliphatic carbocycles. The molecular weight excluding hydrogens is 375 g/mol. The molecule has 0 atom stereocenters. The molecule has 6 heteroatoms. The van der Waals surface area contributed by atoms with Gasteiger partial charge in [-0.1, -0.05) is 46.9 Å². The number of hydrogen-bond acceptors (Lipinski definition) is 2. The summed E-state index contributed by atoms with van der Waals surface area (Å²) in [6.07, 6.45) is 0.927. The molecule has 2 heterocycles. The zero-order chi connectivity index (χ0) is 14.1. The van der Waals surface area contributed by atoms with Crippen molar-refractivity contribution in [2.45, 2.75) is 10.9 Å². The van der Waals surface area contributed by atoms with Crippen molar-refractivity contribution in [1.29, 1.82) is 0 Å². The number of benzene rings is 1. The number of aromatic nitrogens is 3. The van der Waals surface area contributed by atoms with E-state index in [1.807, 2.05) is 12.3 Å². The number of hydrogen-bond donors (Lipinski definition) is 0. The quantitative estimate of drug-likeness (QED) is 0.498. The molecule has 0 bridgehead atoms. The van der Waals surface area contributed by atoms with Crippen LogP contribution in [0.1, 0.15) is 17.6 Å². The highest BCUT2D eigenvalue weighted by Crippen LogP contribution is 2.26.